The van der Waals surface area contributed by atoms with Crippen molar-refractivity contribution >= 4 is 17.3 Å². The Labute approximate surface area is 114 Å². The normalized spacial score (nSPS) is 15.8. The summed E-state index contributed by atoms with van der Waals surface area (Å²) in [4.78, 5) is 23.9. The van der Waals surface area contributed by atoms with Gasteiger partial charge >= 0.3 is 0 Å². The van der Waals surface area contributed by atoms with Gasteiger partial charge in [-0.05, 0) is 6.07 Å². The third-order valence-corrected chi connectivity index (χ3v) is 3.01. The highest BCUT2D eigenvalue weighted by Crippen LogP contribution is 2.24. The molecule has 0 aliphatic carbocycles. The first kappa shape index (κ1) is 14.4. The van der Waals surface area contributed by atoms with Gasteiger partial charge in [-0.25, -0.2) is 4.39 Å². The Morgan fingerprint density at radius 3 is 2.80 bits per heavy atom. The van der Waals surface area contributed by atoms with Gasteiger partial charge in [-0.1, -0.05) is 0 Å². The van der Waals surface area contributed by atoms with E-state index in [4.69, 9.17) is 0 Å². The monoisotopic (exact) mass is 282 g/mol. The number of nitro groups is 1. The molecule has 0 radical (unpaired) electrons. The molecule has 0 unspecified atom stereocenters. The van der Waals surface area contributed by atoms with Gasteiger partial charge in [0.1, 0.15) is 11.5 Å². The van der Waals surface area contributed by atoms with Crippen LogP contribution in [-0.4, -0.2) is 48.5 Å². The lowest BCUT2D eigenvalue weighted by molar-refractivity contribution is -0.384. The number of amides is 1. The topological polar surface area (TPSA) is 87.5 Å². The Bertz CT molecular complexity index is 517. The van der Waals surface area contributed by atoms with Gasteiger partial charge in [-0.3, -0.25) is 19.8 Å². The van der Waals surface area contributed by atoms with E-state index >= 15 is 0 Å². The molecule has 1 aromatic rings. The number of carbonyl (C=O) groups is 1. The summed E-state index contributed by atoms with van der Waals surface area (Å²) in [5.74, 6) is -1.02. The van der Waals surface area contributed by atoms with E-state index < -0.39 is 10.7 Å². The van der Waals surface area contributed by atoms with Crippen LogP contribution in [0.2, 0.25) is 0 Å². The van der Waals surface area contributed by atoms with Crippen LogP contribution in [0.25, 0.3) is 0 Å². The van der Waals surface area contributed by atoms with Crippen LogP contribution in [-0.2, 0) is 4.79 Å². The predicted octanol–water partition coefficient (Wildman–Crippen LogP) is 0.578. The molecule has 1 amide bonds. The number of hydrogen-bond acceptors (Lipinski definition) is 5. The number of nitro benzene ring substituents is 1. The highest BCUT2D eigenvalue weighted by atomic mass is 19.1. The van der Waals surface area contributed by atoms with Crippen LogP contribution >= 0.6 is 0 Å². The van der Waals surface area contributed by atoms with Gasteiger partial charge in [-0.2, -0.15) is 0 Å². The molecule has 1 aliphatic rings. The average molecular weight is 282 g/mol. The van der Waals surface area contributed by atoms with Gasteiger partial charge in [-0.15, -0.1) is 0 Å². The van der Waals surface area contributed by atoms with Gasteiger partial charge in [0.05, 0.1) is 11.5 Å². The van der Waals surface area contributed by atoms with Crippen molar-refractivity contribution in [1.29, 1.82) is 0 Å². The Hall–Kier alpha value is -2.06. The molecule has 1 heterocycles. The lowest BCUT2D eigenvalue weighted by Crippen LogP contribution is -2.46. The minimum absolute atomic E-state index is 0.116. The van der Waals surface area contributed by atoms with E-state index in [1.54, 1.807) is 0 Å². The standard InChI is InChI=1S/C12H15FN4O3/c13-9-1-2-11(17(19)20)10(7-9)15-12(18)8-16-5-3-14-4-6-16/h1-2,7,14H,3-6,8H2,(H,15,18). The molecule has 8 heteroatoms. The third-order valence-electron chi connectivity index (χ3n) is 3.01. The van der Waals surface area contributed by atoms with Crippen LogP contribution in [0.15, 0.2) is 18.2 Å². The molecule has 20 heavy (non-hydrogen) atoms. The van der Waals surface area contributed by atoms with Crippen LogP contribution in [0.4, 0.5) is 15.8 Å². The summed E-state index contributed by atoms with van der Waals surface area (Å²) in [5, 5.41) is 16.4. The average Bonchev–Trinajstić information content (AvgIpc) is 2.39. The zero-order chi connectivity index (χ0) is 14.5. The second-order valence-corrected chi connectivity index (χ2v) is 4.49. The molecule has 7 nitrogen and oxygen atoms in total. The summed E-state index contributed by atoms with van der Waals surface area (Å²) >= 11 is 0. The fourth-order valence-electron chi connectivity index (χ4n) is 2.03. The molecule has 1 saturated heterocycles. The lowest BCUT2D eigenvalue weighted by Gasteiger charge is -2.26. The Kier molecular flexibility index (Phi) is 4.59. The molecule has 2 N–H and O–H groups in total. The van der Waals surface area contributed by atoms with Gasteiger partial charge in [0.15, 0.2) is 0 Å². The first-order valence-corrected chi connectivity index (χ1v) is 6.23. The highest BCUT2D eigenvalue weighted by Gasteiger charge is 2.19. The summed E-state index contributed by atoms with van der Waals surface area (Å²) in [6.07, 6.45) is 0. The van der Waals surface area contributed by atoms with E-state index in [-0.39, 0.29) is 23.8 Å². The minimum atomic E-state index is -0.653. The van der Waals surface area contributed by atoms with E-state index in [1.807, 2.05) is 4.90 Å². The summed E-state index contributed by atoms with van der Waals surface area (Å²) in [6.45, 7) is 3.20. The fraction of sp³-hybridized carbons (Fsp3) is 0.417. The Balaban J connectivity index is 2.03. The summed E-state index contributed by atoms with van der Waals surface area (Å²) < 4.78 is 13.1. The smallest absolute Gasteiger partial charge is 0.292 e. The maximum absolute atomic E-state index is 13.1. The number of carbonyl (C=O) groups excluding carboxylic acids is 1. The van der Waals surface area contributed by atoms with Crippen LogP contribution in [0.1, 0.15) is 0 Å². The van der Waals surface area contributed by atoms with Crippen molar-refractivity contribution in [2.24, 2.45) is 0 Å². The van der Waals surface area contributed by atoms with Crippen LogP contribution in [0, 0.1) is 15.9 Å². The number of nitrogens with zero attached hydrogens (tertiary/aromatic N) is 2. The van der Waals surface area contributed by atoms with Crippen molar-refractivity contribution < 1.29 is 14.1 Å². The highest BCUT2D eigenvalue weighted by molar-refractivity contribution is 5.94. The van der Waals surface area contributed by atoms with Gasteiger partial charge in [0.2, 0.25) is 5.91 Å². The largest absolute Gasteiger partial charge is 0.319 e. The zero-order valence-electron chi connectivity index (χ0n) is 10.8. The molecule has 0 bridgehead atoms. The molecule has 2 rings (SSSR count). The molecule has 0 aromatic heterocycles. The number of benzene rings is 1. The molecule has 0 spiro atoms. The Morgan fingerprint density at radius 1 is 1.45 bits per heavy atom. The van der Waals surface area contributed by atoms with Crippen molar-refractivity contribution in [2.75, 3.05) is 38.0 Å². The van der Waals surface area contributed by atoms with Gasteiger partial charge < -0.3 is 10.6 Å². The molecule has 1 fully saturated rings. The van der Waals surface area contributed by atoms with Crippen LogP contribution in [0.5, 0.6) is 0 Å². The third kappa shape index (κ3) is 3.72. The molecule has 1 aromatic carbocycles. The molecule has 0 atom stereocenters. The van der Waals surface area contributed by atoms with Crippen molar-refractivity contribution in [1.82, 2.24) is 10.2 Å². The molecule has 0 saturated carbocycles. The van der Waals surface area contributed by atoms with E-state index in [1.165, 1.54) is 0 Å². The van der Waals surface area contributed by atoms with E-state index in [0.717, 1.165) is 44.4 Å². The van der Waals surface area contributed by atoms with Gasteiger partial charge in [0.25, 0.3) is 5.69 Å². The lowest BCUT2D eigenvalue weighted by atomic mass is 10.2. The maximum Gasteiger partial charge on any atom is 0.292 e. The van der Waals surface area contributed by atoms with E-state index in [2.05, 4.69) is 10.6 Å². The summed E-state index contributed by atoms with van der Waals surface area (Å²) in [6, 6.07) is 2.98. The first-order chi connectivity index (χ1) is 9.56. The summed E-state index contributed by atoms with van der Waals surface area (Å²) in [5.41, 5.74) is -0.435. The quantitative estimate of drug-likeness (QED) is 0.623. The summed E-state index contributed by atoms with van der Waals surface area (Å²) in [7, 11) is 0. The van der Waals surface area contributed by atoms with Crippen molar-refractivity contribution in [2.45, 2.75) is 0 Å². The van der Waals surface area contributed by atoms with Crippen molar-refractivity contribution in [3.8, 4) is 0 Å². The maximum atomic E-state index is 13.1. The van der Waals surface area contributed by atoms with Crippen molar-refractivity contribution in [3.05, 3.63) is 34.1 Å². The number of nitrogens with one attached hydrogen (secondary N) is 2. The molecule has 108 valence electrons. The SMILES string of the molecule is O=C(CN1CCNCC1)Nc1cc(F)ccc1[N+](=O)[O-]. The van der Waals surface area contributed by atoms with E-state index in [0.29, 0.717) is 0 Å². The minimum Gasteiger partial charge on any atom is -0.319 e. The number of hydrogen-bond donors (Lipinski definition) is 2. The second-order valence-electron chi connectivity index (χ2n) is 4.49. The van der Waals surface area contributed by atoms with Gasteiger partial charge in [0, 0.05) is 38.3 Å². The number of rotatable bonds is 4. The fourth-order valence-corrected chi connectivity index (χ4v) is 2.03. The Morgan fingerprint density at radius 2 is 2.15 bits per heavy atom. The molecule has 1 aliphatic heterocycles. The number of halogens is 1. The molecular formula is C12H15FN4O3. The zero-order valence-corrected chi connectivity index (χ0v) is 10.8. The number of piperazine rings is 1. The first-order valence-electron chi connectivity index (χ1n) is 6.23. The number of anilines is 1. The predicted molar refractivity (Wildman–Crippen MR) is 71.0 cm³/mol. The van der Waals surface area contributed by atoms with Crippen LogP contribution in [0.3, 0.4) is 0 Å². The molecular weight excluding hydrogens is 267 g/mol. The van der Waals surface area contributed by atoms with Crippen LogP contribution < -0.4 is 10.6 Å². The second kappa shape index (κ2) is 6.40. The van der Waals surface area contributed by atoms with Crippen molar-refractivity contribution in [3.63, 3.8) is 0 Å². The van der Waals surface area contributed by atoms with E-state index in [9.17, 15) is 19.3 Å².